The Labute approximate surface area is 156 Å². The van der Waals surface area contributed by atoms with E-state index >= 15 is 0 Å². The molecular weight excluding hydrogens is 358 g/mol. The number of thioether (sulfide) groups is 1. The maximum atomic E-state index is 13.2. The molecule has 0 saturated carbocycles. The molecule has 1 aliphatic rings. The van der Waals surface area contributed by atoms with Crippen molar-refractivity contribution in [2.24, 2.45) is 0 Å². The molecule has 1 atom stereocenters. The van der Waals surface area contributed by atoms with Gasteiger partial charge in [0, 0.05) is 17.9 Å². The molecule has 0 radical (unpaired) electrons. The molecule has 2 aromatic rings. The Kier molecular flexibility index (Phi) is 5.35. The number of halogens is 1. The van der Waals surface area contributed by atoms with Gasteiger partial charge in [0.25, 0.3) is 5.91 Å². The van der Waals surface area contributed by atoms with Gasteiger partial charge in [-0.2, -0.15) is 0 Å². The van der Waals surface area contributed by atoms with Gasteiger partial charge in [-0.3, -0.25) is 4.79 Å². The van der Waals surface area contributed by atoms with E-state index in [0.717, 1.165) is 16.0 Å². The molecule has 0 spiro atoms. The Morgan fingerprint density at radius 3 is 2.60 bits per heavy atom. The topological polar surface area (TPSA) is 46.6 Å². The van der Waals surface area contributed by atoms with Gasteiger partial charge in [0.05, 0.1) is 17.7 Å². The van der Waals surface area contributed by atoms with Crippen molar-refractivity contribution in [2.75, 3.05) is 13.4 Å². The molecule has 1 unspecified atom stereocenters. The maximum absolute atomic E-state index is 13.2. The van der Waals surface area contributed by atoms with Crippen molar-refractivity contribution in [3.63, 3.8) is 0 Å². The van der Waals surface area contributed by atoms with Gasteiger partial charge in [-0.1, -0.05) is 35.9 Å². The SMILES string of the molecule is COC(=O)C1Cc2ccccc2CN1C(=O)c1cc(SC)ccc1Cl. The minimum Gasteiger partial charge on any atom is -0.467 e. The van der Waals surface area contributed by atoms with Crippen LogP contribution < -0.4 is 0 Å². The van der Waals surface area contributed by atoms with Crippen molar-refractivity contribution in [1.82, 2.24) is 4.90 Å². The Bertz CT molecular complexity index is 824. The fourth-order valence-electron chi connectivity index (χ4n) is 3.03. The minimum atomic E-state index is -0.651. The monoisotopic (exact) mass is 375 g/mol. The number of fused-ring (bicyclic) bond motifs is 1. The molecule has 0 N–H and O–H groups in total. The van der Waals surface area contributed by atoms with Crippen molar-refractivity contribution in [3.8, 4) is 0 Å². The number of ether oxygens (including phenoxy) is 1. The zero-order chi connectivity index (χ0) is 18.0. The van der Waals surface area contributed by atoms with Crippen LogP contribution in [0.5, 0.6) is 0 Å². The van der Waals surface area contributed by atoms with Gasteiger partial charge in [-0.05, 0) is 35.6 Å². The van der Waals surface area contributed by atoms with Crippen molar-refractivity contribution < 1.29 is 14.3 Å². The van der Waals surface area contributed by atoms with Gasteiger partial charge in [0.15, 0.2) is 0 Å². The summed E-state index contributed by atoms with van der Waals surface area (Å²) in [6, 6.07) is 12.5. The highest BCUT2D eigenvalue weighted by atomic mass is 35.5. The molecule has 4 nitrogen and oxygen atoms in total. The largest absolute Gasteiger partial charge is 0.467 e. The number of benzene rings is 2. The molecule has 1 heterocycles. The van der Waals surface area contributed by atoms with Crippen LogP contribution in [0.2, 0.25) is 5.02 Å². The Hall–Kier alpha value is -1.98. The summed E-state index contributed by atoms with van der Waals surface area (Å²) in [4.78, 5) is 27.9. The molecule has 0 fully saturated rings. The Morgan fingerprint density at radius 2 is 1.92 bits per heavy atom. The molecule has 130 valence electrons. The normalized spacial score (nSPS) is 16.3. The third-order valence-electron chi connectivity index (χ3n) is 4.39. The summed E-state index contributed by atoms with van der Waals surface area (Å²) in [6.07, 6.45) is 2.38. The fourth-order valence-corrected chi connectivity index (χ4v) is 3.67. The van der Waals surface area contributed by atoms with Crippen LogP contribution in [-0.2, 0) is 22.5 Å². The van der Waals surface area contributed by atoms with Gasteiger partial charge >= 0.3 is 5.97 Å². The van der Waals surface area contributed by atoms with Crippen LogP contribution >= 0.6 is 23.4 Å². The number of carbonyl (C=O) groups excluding carboxylic acids is 2. The van der Waals surface area contributed by atoms with Crippen molar-refractivity contribution in [3.05, 3.63) is 64.2 Å². The lowest BCUT2D eigenvalue weighted by Gasteiger charge is -2.35. The molecular formula is C19H18ClNO3S. The first-order valence-corrected chi connectivity index (χ1v) is 9.44. The molecule has 25 heavy (non-hydrogen) atoms. The van der Waals surface area contributed by atoms with Crippen molar-refractivity contribution >= 4 is 35.2 Å². The number of nitrogens with zero attached hydrogens (tertiary/aromatic N) is 1. The number of amides is 1. The first-order chi connectivity index (χ1) is 12.0. The highest BCUT2D eigenvalue weighted by Gasteiger charge is 2.36. The quantitative estimate of drug-likeness (QED) is 0.604. The second-order valence-corrected chi connectivity index (χ2v) is 7.08. The second kappa shape index (κ2) is 7.50. The minimum absolute atomic E-state index is 0.259. The molecule has 2 aromatic carbocycles. The molecule has 1 amide bonds. The highest BCUT2D eigenvalue weighted by Crippen LogP contribution is 2.29. The molecule has 0 aliphatic carbocycles. The van der Waals surface area contributed by atoms with Gasteiger partial charge in [0.1, 0.15) is 6.04 Å². The smallest absolute Gasteiger partial charge is 0.328 e. The lowest BCUT2D eigenvalue weighted by atomic mass is 9.93. The number of esters is 1. The summed E-state index contributed by atoms with van der Waals surface area (Å²) in [5.41, 5.74) is 2.50. The molecule has 1 aliphatic heterocycles. The fraction of sp³-hybridized carbons (Fsp3) is 0.263. The molecule has 0 aromatic heterocycles. The summed E-state index contributed by atoms with van der Waals surface area (Å²) >= 11 is 7.79. The van der Waals surface area contributed by atoms with Crippen LogP contribution in [0.3, 0.4) is 0 Å². The van der Waals surface area contributed by atoms with Crippen LogP contribution in [-0.4, -0.2) is 36.2 Å². The van der Waals surface area contributed by atoms with Gasteiger partial charge in [-0.25, -0.2) is 4.79 Å². The zero-order valence-corrected chi connectivity index (χ0v) is 15.6. The van der Waals surface area contributed by atoms with E-state index in [9.17, 15) is 9.59 Å². The molecule has 6 heteroatoms. The van der Waals surface area contributed by atoms with E-state index in [0.29, 0.717) is 23.6 Å². The van der Waals surface area contributed by atoms with E-state index in [2.05, 4.69) is 0 Å². The standard InChI is InChI=1S/C19H18ClNO3S/c1-24-19(23)17-9-12-5-3-4-6-13(12)11-21(17)18(22)15-10-14(25-2)7-8-16(15)20/h3-8,10,17H,9,11H2,1-2H3. The van der Waals surface area contributed by atoms with Crippen molar-refractivity contribution in [1.29, 1.82) is 0 Å². The van der Waals surface area contributed by atoms with E-state index in [-0.39, 0.29) is 5.91 Å². The number of hydrogen-bond acceptors (Lipinski definition) is 4. The Morgan fingerprint density at radius 1 is 1.20 bits per heavy atom. The first-order valence-electron chi connectivity index (χ1n) is 7.84. The van der Waals surface area contributed by atoms with E-state index in [1.165, 1.54) is 18.9 Å². The average Bonchev–Trinajstić information content (AvgIpc) is 2.66. The van der Waals surface area contributed by atoms with Crippen LogP contribution in [0.4, 0.5) is 0 Å². The maximum Gasteiger partial charge on any atom is 0.328 e. The predicted molar refractivity (Wildman–Crippen MR) is 99.1 cm³/mol. The van der Waals surface area contributed by atoms with Gasteiger partial charge < -0.3 is 9.64 Å². The average molecular weight is 376 g/mol. The van der Waals surface area contributed by atoms with Crippen LogP contribution in [0.15, 0.2) is 47.4 Å². The van der Waals surface area contributed by atoms with Crippen LogP contribution in [0.1, 0.15) is 21.5 Å². The Balaban J connectivity index is 2.01. The van der Waals surface area contributed by atoms with Crippen molar-refractivity contribution in [2.45, 2.75) is 23.9 Å². The summed E-state index contributed by atoms with van der Waals surface area (Å²) in [5, 5.41) is 0.380. The second-order valence-electron chi connectivity index (χ2n) is 5.79. The lowest BCUT2D eigenvalue weighted by molar-refractivity contribution is -0.146. The van der Waals surface area contributed by atoms with E-state index < -0.39 is 12.0 Å². The molecule has 3 rings (SSSR count). The van der Waals surface area contributed by atoms with Gasteiger partial charge in [-0.15, -0.1) is 11.8 Å². The predicted octanol–water partition coefficient (Wildman–Crippen LogP) is 3.80. The summed E-state index contributed by atoms with van der Waals surface area (Å²) < 4.78 is 4.93. The lowest BCUT2D eigenvalue weighted by Crippen LogP contribution is -2.49. The van der Waals surface area contributed by atoms with E-state index in [1.54, 1.807) is 17.0 Å². The number of carbonyl (C=O) groups is 2. The number of methoxy groups -OCH3 is 1. The molecule has 0 saturated heterocycles. The van der Waals surface area contributed by atoms with Crippen LogP contribution in [0.25, 0.3) is 0 Å². The highest BCUT2D eigenvalue weighted by molar-refractivity contribution is 7.98. The number of rotatable bonds is 3. The third kappa shape index (κ3) is 3.53. The summed E-state index contributed by atoms with van der Waals surface area (Å²) in [7, 11) is 1.34. The summed E-state index contributed by atoms with van der Waals surface area (Å²) in [6.45, 7) is 0.356. The van der Waals surface area contributed by atoms with E-state index in [1.807, 2.05) is 36.6 Å². The summed E-state index contributed by atoms with van der Waals surface area (Å²) in [5.74, 6) is -0.675. The first kappa shape index (κ1) is 17.8. The number of hydrogen-bond donors (Lipinski definition) is 0. The van der Waals surface area contributed by atoms with Crippen LogP contribution in [0, 0.1) is 0 Å². The zero-order valence-electron chi connectivity index (χ0n) is 14.0. The van der Waals surface area contributed by atoms with Gasteiger partial charge in [0.2, 0.25) is 0 Å². The van der Waals surface area contributed by atoms with E-state index in [4.69, 9.17) is 16.3 Å². The molecule has 0 bridgehead atoms. The third-order valence-corrected chi connectivity index (χ3v) is 5.44.